The zero-order valence-electron chi connectivity index (χ0n) is 5.22. The molecule has 0 fully saturated rings. The molecule has 0 aromatic carbocycles. The summed E-state index contributed by atoms with van der Waals surface area (Å²) in [5.41, 5.74) is 0. The van der Waals surface area contributed by atoms with Crippen molar-refractivity contribution in [3.8, 4) is 0 Å². The quantitative estimate of drug-likeness (QED) is 0.429. The second-order valence-corrected chi connectivity index (χ2v) is 2.06. The second-order valence-electron chi connectivity index (χ2n) is 1.03. The van der Waals surface area contributed by atoms with E-state index in [0.717, 1.165) is 6.92 Å². The molecule has 0 aliphatic rings. The van der Waals surface area contributed by atoms with Crippen LogP contribution in [0.25, 0.3) is 0 Å². The van der Waals surface area contributed by atoms with E-state index in [1.807, 2.05) is 0 Å². The van der Waals surface area contributed by atoms with Crippen molar-refractivity contribution in [2.75, 3.05) is 0 Å². The van der Waals surface area contributed by atoms with Crippen molar-refractivity contribution in [2.45, 2.75) is 6.92 Å². The Morgan fingerprint density at radius 2 is 1.18 bits per heavy atom. The molecule has 0 atom stereocenters. The van der Waals surface area contributed by atoms with Crippen LogP contribution in [0.15, 0.2) is 0 Å². The molecule has 4 N–H and O–H groups in total. The van der Waals surface area contributed by atoms with Crippen LogP contribution in [0, 0.1) is 0 Å². The Balaban J connectivity index is -0.0000000383. The summed E-state index contributed by atoms with van der Waals surface area (Å²) in [7, 11) is -4.64. The fourth-order valence-electron chi connectivity index (χ4n) is 0. The SMILES string of the molecule is CC(=O)O.O=P(O)(O)O.[Co].[Co]. The Bertz CT molecular complexity index is 118. The Morgan fingerprint density at radius 1 is 1.18 bits per heavy atom. The van der Waals surface area contributed by atoms with Gasteiger partial charge < -0.3 is 19.8 Å². The van der Waals surface area contributed by atoms with E-state index < -0.39 is 13.8 Å². The van der Waals surface area contributed by atoms with Gasteiger partial charge in [-0.2, -0.15) is 0 Å². The third-order valence-electron chi connectivity index (χ3n) is 0. The molecule has 9 heteroatoms. The van der Waals surface area contributed by atoms with Gasteiger partial charge in [0.2, 0.25) is 0 Å². The van der Waals surface area contributed by atoms with Gasteiger partial charge in [-0.15, -0.1) is 0 Å². The van der Waals surface area contributed by atoms with Crippen LogP contribution in [0.4, 0.5) is 0 Å². The number of aliphatic carboxylic acids is 1. The molecule has 0 unspecified atom stereocenters. The van der Waals surface area contributed by atoms with Gasteiger partial charge in [-0.1, -0.05) is 0 Å². The molecule has 0 bridgehead atoms. The Kier molecular flexibility index (Phi) is 21.7. The topological polar surface area (TPSA) is 115 Å². The summed E-state index contributed by atoms with van der Waals surface area (Å²) >= 11 is 0. The molecular formula is C2H7Co2O6P. The molecule has 0 saturated heterocycles. The second kappa shape index (κ2) is 10.6. The molecule has 2 radical (unpaired) electrons. The first-order valence-electron chi connectivity index (χ1n) is 1.71. The first-order valence-corrected chi connectivity index (χ1v) is 3.28. The van der Waals surface area contributed by atoms with Crippen molar-refractivity contribution >= 4 is 13.8 Å². The van der Waals surface area contributed by atoms with Crippen molar-refractivity contribution in [3.63, 3.8) is 0 Å². The first kappa shape index (κ1) is 22.6. The van der Waals surface area contributed by atoms with Gasteiger partial charge in [-0.05, 0) is 0 Å². The summed E-state index contributed by atoms with van der Waals surface area (Å²) in [5, 5.41) is 7.42. The number of carboxylic acids is 1. The van der Waals surface area contributed by atoms with Crippen molar-refractivity contribution in [3.05, 3.63) is 0 Å². The molecule has 0 aliphatic heterocycles. The molecule has 0 aliphatic carbocycles. The van der Waals surface area contributed by atoms with E-state index in [-0.39, 0.29) is 33.6 Å². The van der Waals surface area contributed by atoms with E-state index in [2.05, 4.69) is 0 Å². The smallest absolute Gasteiger partial charge is 0.466 e. The van der Waals surface area contributed by atoms with E-state index in [1.165, 1.54) is 0 Å². The third-order valence-corrected chi connectivity index (χ3v) is 0. The van der Waals surface area contributed by atoms with Crippen LogP contribution in [-0.2, 0) is 42.9 Å². The predicted octanol–water partition coefficient (Wildman–Crippen LogP) is -0.843. The van der Waals surface area contributed by atoms with E-state index in [9.17, 15) is 0 Å². The van der Waals surface area contributed by atoms with Crippen molar-refractivity contribution in [1.29, 1.82) is 0 Å². The average molecular weight is 276 g/mol. The van der Waals surface area contributed by atoms with Gasteiger partial charge in [0.05, 0.1) is 0 Å². The molecular weight excluding hydrogens is 269 g/mol. The summed E-state index contributed by atoms with van der Waals surface area (Å²) in [6.07, 6.45) is 0. The molecule has 11 heavy (non-hydrogen) atoms. The number of phosphoric acid groups is 1. The van der Waals surface area contributed by atoms with Gasteiger partial charge in [0.15, 0.2) is 0 Å². The number of carboxylic acid groups (broad SMARTS) is 1. The minimum atomic E-state index is -4.64. The Morgan fingerprint density at radius 3 is 1.18 bits per heavy atom. The average Bonchev–Trinajstić information content (AvgIpc) is 1.19. The van der Waals surface area contributed by atoms with Crippen LogP contribution in [0.5, 0.6) is 0 Å². The van der Waals surface area contributed by atoms with Gasteiger partial charge in [0, 0.05) is 40.5 Å². The molecule has 0 spiro atoms. The number of hydrogen-bond acceptors (Lipinski definition) is 2. The molecule has 0 amide bonds. The Hall–Kier alpha value is 0.593. The van der Waals surface area contributed by atoms with Gasteiger partial charge >= 0.3 is 7.82 Å². The number of rotatable bonds is 0. The van der Waals surface area contributed by atoms with Crippen LogP contribution < -0.4 is 0 Å². The molecule has 0 heterocycles. The minimum Gasteiger partial charge on any atom is -0.481 e. The zero-order chi connectivity index (χ0) is 8.08. The fourth-order valence-corrected chi connectivity index (χ4v) is 0. The Labute approximate surface area is 83.6 Å². The standard InChI is InChI=1S/C2H4O2.2Co.H3O4P/c1-2(3)4;;;1-5(2,3)4/h1H3,(H,3,4);;;(H3,1,2,3,4). The predicted molar refractivity (Wildman–Crippen MR) is 27.6 cm³/mol. The van der Waals surface area contributed by atoms with Crippen LogP contribution in [0.2, 0.25) is 0 Å². The monoisotopic (exact) mass is 276 g/mol. The van der Waals surface area contributed by atoms with Crippen molar-refractivity contribution in [2.24, 2.45) is 0 Å². The van der Waals surface area contributed by atoms with Gasteiger partial charge in [0.25, 0.3) is 5.97 Å². The maximum Gasteiger partial charge on any atom is 0.466 e. The van der Waals surface area contributed by atoms with Crippen LogP contribution >= 0.6 is 7.82 Å². The molecule has 74 valence electrons. The van der Waals surface area contributed by atoms with Gasteiger partial charge in [0.1, 0.15) is 0 Å². The first-order chi connectivity index (χ1) is 3.73. The molecule has 6 nitrogen and oxygen atoms in total. The largest absolute Gasteiger partial charge is 0.481 e. The van der Waals surface area contributed by atoms with E-state index >= 15 is 0 Å². The van der Waals surface area contributed by atoms with Gasteiger partial charge in [-0.3, -0.25) is 4.79 Å². The molecule has 0 rings (SSSR count). The third kappa shape index (κ3) is 2220. The minimum absolute atomic E-state index is 0. The van der Waals surface area contributed by atoms with E-state index in [1.54, 1.807) is 0 Å². The van der Waals surface area contributed by atoms with E-state index in [0.29, 0.717) is 0 Å². The van der Waals surface area contributed by atoms with Crippen LogP contribution in [-0.4, -0.2) is 25.8 Å². The van der Waals surface area contributed by atoms with Crippen molar-refractivity contribution in [1.82, 2.24) is 0 Å². The summed E-state index contributed by atoms with van der Waals surface area (Å²) in [5.74, 6) is -0.833. The number of carbonyl (C=O) groups is 1. The molecule has 0 aromatic rings. The van der Waals surface area contributed by atoms with Crippen LogP contribution in [0.1, 0.15) is 6.92 Å². The van der Waals surface area contributed by atoms with Crippen LogP contribution in [0.3, 0.4) is 0 Å². The molecule has 0 saturated carbocycles. The van der Waals surface area contributed by atoms with Gasteiger partial charge in [-0.25, -0.2) is 4.57 Å². The summed E-state index contributed by atoms with van der Waals surface area (Å²) in [6.45, 7) is 1.08. The molecule has 0 aromatic heterocycles. The summed E-state index contributed by atoms with van der Waals surface area (Å²) in [6, 6.07) is 0. The maximum absolute atomic E-state index is 9.00. The zero-order valence-corrected chi connectivity index (χ0v) is 8.20. The fraction of sp³-hybridized carbons (Fsp3) is 0.500. The van der Waals surface area contributed by atoms with Crippen molar-refractivity contribution < 1.29 is 62.7 Å². The normalized spacial score (nSPS) is 7.64. The summed E-state index contributed by atoms with van der Waals surface area (Å²) < 4.78 is 8.88. The summed E-state index contributed by atoms with van der Waals surface area (Å²) in [4.78, 5) is 30.6. The van der Waals surface area contributed by atoms with E-state index in [4.69, 9.17) is 29.1 Å². The maximum atomic E-state index is 9.00. The number of hydrogen-bond donors (Lipinski definition) is 4.